The molecular formula is C18H19N3O3. The normalized spacial score (nSPS) is 10.4. The SMILES string of the molecule is Cc1cc(C)cc(OCC(=O)NNC(=O)/C=C/c2cccnc2)c1. The summed E-state index contributed by atoms with van der Waals surface area (Å²) in [4.78, 5) is 27.2. The molecule has 0 atom stereocenters. The highest BCUT2D eigenvalue weighted by Gasteiger charge is 2.04. The number of carbonyl (C=O) groups excluding carboxylic acids is 2. The number of aromatic nitrogens is 1. The number of hydrogen-bond acceptors (Lipinski definition) is 4. The number of amides is 2. The number of pyridine rings is 1. The van der Waals surface area contributed by atoms with Crippen LogP contribution < -0.4 is 15.6 Å². The molecule has 0 unspecified atom stereocenters. The quantitative estimate of drug-likeness (QED) is 0.650. The summed E-state index contributed by atoms with van der Waals surface area (Å²) in [6, 6.07) is 9.28. The highest BCUT2D eigenvalue weighted by molar-refractivity contribution is 5.93. The Bertz CT molecular complexity index is 722. The van der Waals surface area contributed by atoms with Gasteiger partial charge < -0.3 is 4.74 Å². The highest BCUT2D eigenvalue weighted by Crippen LogP contribution is 2.15. The molecule has 1 heterocycles. The van der Waals surface area contributed by atoms with Crippen molar-refractivity contribution in [2.75, 3.05) is 6.61 Å². The van der Waals surface area contributed by atoms with Crippen molar-refractivity contribution in [3.05, 3.63) is 65.5 Å². The van der Waals surface area contributed by atoms with E-state index in [1.165, 1.54) is 6.08 Å². The van der Waals surface area contributed by atoms with Crippen molar-refractivity contribution in [1.82, 2.24) is 15.8 Å². The first kappa shape index (κ1) is 17.2. The number of ether oxygens (including phenoxy) is 1. The molecule has 1 aromatic heterocycles. The number of hydrogen-bond donors (Lipinski definition) is 2. The van der Waals surface area contributed by atoms with Gasteiger partial charge in [0, 0.05) is 18.5 Å². The molecule has 0 aliphatic carbocycles. The van der Waals surface area contributed by atoms with Crippen LogP contribution in [0.15, 0.2) is 48.8 Å². The van der Waals surface area contributed by atoms with E-state index >= 15 is 0 Å². The Hall–Kier alpha value is -3.15. The van der Waals surface area contributed by atoms with Gasteiger partial charge in [-0.3, -0.25) is 25.4 Å². The molecule has 0 radical (unpaired) electrons. The van der Waals surface area contributed by atoms with Crippen molar-refractivity contribution >= 4 is 17.9 Å². The van der Waals surface area contributed by atoms with Gasteiger partial charge in [-0.15, -0.1) is 0 Å². The van der Waals surface area contributed by atoms with E-state index in [0.29, 0.717) is 5.75 Å². The second kappa shape index (κ2) is 8.47. The van der Waals surface area contributed by atoms with Crippen LogP contribution in [0.2, 0.25) is 0 Å². The average molecular weight is 325 g/mol. The maximum absolute atomic E-state index is 11.7. The molecule has 0 saturated heterocycles. The summed E-state index contributed by atoms with van der Waals surface area (Å²) in [5.74, 6) is -0.277. The molecule has 0 aliphatic rings. The first-order chi connectivity index (χ1) is 11.5. The van der Waals surface area contributed by atoms with Gasteiger partial charge in [0.25, 0.3) is 11.8 Å². The van der Waals surface area contributed by atoms with Crippen molar-refractivity contribution in [3.8, 4) is 5.75 Å². The largest absolute Gasteiger partial charge is 0.484 e. The summed E-state index contributed by atoms with van der Waals surface area (Å²) >= 11 is 0. The zero-order valence-electron chi connectivity index (χ0n) is 13.6. The Kier molecular flexibility index (Phi) is 6.08. The summed E-state index contributed by atoms with van der Waals surface area (Å²) in [5, 5.41) is 0. The van der Waals surface area contributed by atoms with Crippen LogP contribution in [-0.2, 0) is 9.59 Å². The van der Waals surface area contributed by atoms with Crippen molar-refractivity contribution in [2.24, 2.45) is 0 Å². The average Bonchev–Trinajstić information content (AvgIpc) is 2.56. The predicted molar refractivity (Wildman–Crippen MR) is 91.0 cm³/mol. The lowest BCUT2D eigenvalue weighted by Gasteiger charge is -2.09. The van der Waals surface area contributed by atoms with Crippen LogP contribution in [-0.4, -0.2) is 23.4 Å². The smallest absolute Gasteiger partial charge is 0.276 e. The molecule has 2 rings (SSSR count). The third-order valence-corrected chi connectivity index (χ3v) is 3.00. The third kappa shape index (κ3) is 5.92. The van der Waals surface area contributed by atoms with Crippen LogP contribution in [0.5, 0.6) is 5.75 Å². The number of hydrazine groups is 1. The van der Waals surface area contributed by atoms with E-state index in [1.807, 2.05) is 38.1 Å². The van der Waals surface area contributed by atoms with E-state index in [4.69, 9.17) is 4.74 Å². The first-order valence-corrected chi connectivity index (χ1v) is 7.41. The van der Waals surface area contributed by atoms with E-state index in [2.05, 4.69) is 15.8 Å². The van der Waals surface area contributed by atoms with Crippen LogP contribution in [0.4, 0.5) is 0 Å². The second-order valence-electron chi connectivity index (χ2n) is 5.27. The highest BCUT2D eigenvalue weighted by atomic mass is 16.5. The second-order valence-corrected chi connectivity index (χ2v) is 5.27. The maximum Gasteiger partial charge on any atom is 0.276 e. The number of nitrogens with zero attached hydrogens (tertiary/aromatic N) is 1. The van der Waals surface area contributed by atoms with Gasteiger partial charge >= 0.3 is 0 Å². The van der Waals surface area contributed by atoms with Crippen LogP contribution in [0.3, 0.4) is 0 Å². The minimum atomic E-state index is -0.447. The Labute approximate surface area is 140 Å². The number of carbonyl (C=O) groups is 2. The minimum absolute atomic E-state index is 0.185. The summed E-state index contributed by atoms with van der Waals surface area (Å²) < 4.78 is 5.40. The zero-order chi connectivity index (χ0) is 17.4. The van der Waals surface area contributed by atoms with Gasteiger partial charge in [0.2, 0.25) is 0 Å². The van der Waals surface area contributed by atoms with Gasteiger partial charge in [-0.1, -0.05) is 12.1 Å². The van der Waals surface area contributed by atoms with E-state index in [1.54, 1.807) is 24.5 Å². The van der Waals surface area contributed by atoms with Crippen molar-refractivity contribution in [3.63, 3.8) is 0 Å². The van der Waals surface area contributed by atoms with Gasteiger partial charge in [-0.05, 0) is 54.8 Å². The monoisotopic (exact) mass is 325 g/mol. The van der Waals surface area contributed by atoms with Crippen molar-refractivity contribution in [1.29, 1.82) is 0 Å². The zero-order valence-corrected chi connectivity index (χ0v) is 13.6. The Balaban J connectivity index is 1.74. The topological polar surface area (TPSA) is 80.3 Å². The minimum Gasteiger partial charge on any atom is -0.484 e. The number of aryl methyl sites for hydroxylation is 2. The van der Waals surface area contributed by atoms with Gasteiger partial charge in [-0.25, -0.2) is 0 Å². The van der Waals surface area contributed by atoms with Gasteiger partial charge in [0.1, 0.15) is 5.75 Å². The van der Waals surface area contributed by atoms with Gasteiger partial charge in [-0.2, -0.15) is 0 Å². The molecule has 2 aromatic rings. The fourth-order valence-corrected chi connectivity index (χ4v) is 2.02. The fraction of sp³-hybridized carbons (Fsp3) is 0.167. The number of rotatable bonds is 5. The van der Waals surface area contributed by atoms with E-state index in [0.717, 1.165) is 16.7 Å². The lowest BCUT2D eigenvalue weighted by atomic mass is 10.1. The Morgan fingerprint density at radius 1 is 1.17 bits per heavy atom. The van der Waals surface area contributed by atoms with E-state index in [9.17, 15) is 9.59 Å². The van der Waals surface area contributed by atoms with Crippen LogP contribution in [0.1, 0.15) is 16.7 Å². The van der Waals surface area contributed by atoms with Gasteiger partial charge in [0.05, 0.1) is 0 Å². The maximum atomic E-state index is 11.7. The fourth-order valence-electron chi connectivity index (χ4n) is 2.02. The Morgan fingerprint density at radius 3 is 2.58 bits per heavy atom. The molecule has 0 saturated carbocycles. The first-order valence-electron chi connectivity index (χ1n) is 7.41. The molecule has 6 heteroatoms. The molecular weight excluding hydrogens is 306 g/mol. The summed E-state index contributed by atoms with van der Waals surface area (Å²) in [5.41, 5.74) is 7.47. The number of benzene rings is 1. The molecule has 0 spiro atoms. The van der Waals surface area contributed by atoms with E-state index in [-0.39, 0.29) is 6.61 Å². The van der Waals surface area contributed by atoms with Crippen LogP contribution >= 0.6 is 0 Å². The molecule has 24 heavy (non-hydrogen) atoms. The van der Waals surface area contributed by atoms with E-state index < -0.39 is 11.8 Å². The molecule has 124 valence electrons. The molecule has 2 amide bonds. The molecule has 0 aliphatic heterocycles. The summed E-state index contributed by atoms with van der Waals surface area (Å²) in [6.45, 7) is 3.72. The standard InChI is InChI=1S/C18H19N3O3/c1-13-8-14(2)10-16(9-13)24-12-18(23)21-20-17(22)6-5-15-4-3-7-19-11-15/h3-11H,12H2,1-2H3,(H,20,22)(H,21,23)/b6-5+. The van der Waals surface area contributed by atoms with Crippen LogP contribution in [0, 0.1) is 13.8 Å². The molecule has 0 bridgehead atoms. The van der Waals surface area contributed by atoms with Crippen molar-refractivity contribution < 1.29 is 14.3 Å². The lowest BCUT2D eigenvalue weighted by molar-refractivity contribution is -0.128. The molecule has 2 N–H and O–H groups in total. The Morgan fingerprint density at radius 2 is 1.92 bits per heavy atom. The van der Waals surface area contributed by atoms with Gasteiger partial charge in [0.15, 0.2) is 6.61 Å². The van der Waals surface area contributed by atoms with Crippen molar-refractivity contribution in [2.45, 2.75) is 13.8 Å². The number of nitrogens with one attached hydrogen (secondary N) is 2. The molecule has 6 nitrogen and oxygen atoms in total. The predicted octanol–water partition coefficient (Wildman–Crippen LogP) is 1.94. The summed E-state index contributed by atoms with van der Waals surface area (Å²) in [6.07, 6.45) is 6.18. The summed E-state index contributed by atoms with van der Waals surface area (Å²) in [7, 11) is 0. The molecule has 1 aromatic carbocycles. The van der Waals surface area contributed by atoms with Crippen LogP contribution in [0.25, 0.3) is 6.08 Å². The lowest BCUT2D eigenvalue weighted by Crippen LogP contribution is -2.43. The third-order valence-electron chi connectivity index (χ3n) is 3.00. The molecule has 0 fully saturated rings.